The van der Waals surface area contributed by atoms with Gasteiger partial charge in [0.2, 0.25) is 11.1 Å². The van der Waals surface area contributed by atoms with E-state index in [0.717, 1.165) is 42.5 Å². The van der Waals surface area contributed by atoms with Gasteiger partial charge >= 0.3 is 6.03 Å². The summed E-state index contributed by atoms with van der Waals surface area (Å²) in [6.45, 7) is 3.97. The third-order valence-electron chi connectivity index (χ3n) is 4.37. The molecule has 0 radical (unpaired) electrons. The van der Waals surface area contributed by atoms with Gasteiger partial charge in [-0.05, 0) is 48.2 Å². The van der Waals surface area contributed by atoms with Crippen LogP contribution in [0.25, 0.3) is 5.69 Å². The molecule has 2 N–H and O–H groups in total. The third-order valence-corrected chi connectivity index (χ3v) is 5.29. The summed E-state index contributed by atoms with van der Waals surface area (Å²) in [5.41, 5.74) is 2.98. The van der Waals surface area contributed by atoms with Gasteiger partial charge in [-0.1, -0.05) is 42.8 Å². The zero-order chi connectivity index (χ0) is 18.5. The molecule has 0 unspecified atom stereocenters. The molecule has 0 saturated heterocycles. The van der Waals surface area contributed by atoms with Crippen molar-refractivity contribution in [2.24, 2.45) is 0 Å². The number of benzene rings is 1. The van der Waals surface area contributed by atoms with Crippen LogP contribution < -0.4 is 10.6 Å². The minimum absolute atomic E-state index is 0.0589. The van der Waals surface area contributed by atoms with Crippen LogP contribution in [-0.2, 0) is 4.79 Å². The Hall–Kier alpha value is -2.42. The van der Waals surface area contributed by atoms with Gasteiger partial charge in [0.05, 0.1) is 11.4 Å². The number of thioether (sulfide) groups is 1. The number of aromatic nitrogens is 4. The largest absolute Gasteiger partial charge is 0.335 e. The van der Waals surface area contributed by atoms with Crippen LogP contribution in [0.5, 0.6) is 0 Å². The maximum atomic E-state index is 12.0. The van der Waals surface area contributed by atoms with Gasteiger partial charge < -0.3 is 5.32 Å². The van der Waals surface area contributed by atoms with E-state index in [-0.39, 0.29) is 17.7 Å². The van der Waals surface area contributed by atoms with Gasteiger partial charge in [-0.2, -0.15) is 4.68 Å². The Morgan fingerprint density at radius 3 is 2.62 bits per heavy atom. The van der Waals surface area contributed by atoms with Crippen molar-refractivity contribution in [3.8, 4) is 5.69 Å². The number of hydrogen-bond donors (Lipinski definition) is 2. The average Bonchev–Trinajstić information content (AvgIpc) is 3.24. The van der Waals surface area contributed by atoms with Crippen LogP contribution in [0.3, 0.4) is 0 Å². The number of aryl methyl sites for hydroxylation is 2. The SMILES string of the molecule is Cc1cccc(C)c1-n1nnnc1SCC(=O)NC(=O)NC1CCCC1. The Kier molecular flexibility index (Phi) is 5.87. The van der Waals surface area contributed by atoms with Crippen LogP contribution in [0.15, 0.2) is 23.4 Å². The summed E-state index contributed by atoms with van der Waals surface area (Å²) in [5, 5.41) is 17.5. The van der Waals surface area contributed by atoms with Gasteiger partial charge in [-0.25, -0.2) is 4.79 Å². The van der Waals surface area contributed by atoms with Gasteiger partial charge in [0.1, 0.15) is 0 Å². The number of amides is 3. The van der Waals surface area contributed by atoms with Crippen LogP contribution >= 0.6 is 11.8 Å². The highest BCUT2D eigenvalue weighted by Crippen LogP contribution is 2.23. The molecule has 0 aliphatic heterocycles. The molecule has 138 valence electrons. The lowest BCUT2D eigenvalue weighted by molar-refractivity contribution is -0.117. The number of urea groups is 1. The Morgan fingerprint density at radius 1 is 1.23 bits per heavy atom. The van der Waals surface area contributed by atoms with Crippen molar-refractivity contribution in [3.05, 3.63) is 29.3 Å². The van der Waals surface area contributed by atoms with E-state index in [0.29, 0.717) is 5.16 Å². The van der Waals surface area contributed by atoms with E-state index in [1.165, 1.54) is 11.8 Å². The van der Waals surface area contributed by atoms with E-state index in [9.17, 15) is 9.59 Å². The quantitative estimate of drug-likeness (QED) is 0.778. The van der Waals surface area contributed by atoms with Crippen molar-refractivity contribution in [2.45, 2.75) is 50.7 Å². The number of tetrazole rings is 1. The second-order valence-corrected chi connectivity index (χ2v) is 7.35. The fourth-order valence-corrected chi connectivity index (χ4v) is 3.81. The zero-order valence-corrected chi connectivity index (χ0v) is 15.7. The Morgan fingerprint density at radius 2 is 1.92 bits per heavy atom. The minimum Gasteiger partial charge on any atom is -0.335 e. The highest BCUT2D eigenvalue weighted by atomic mass is 32.2. The summed E-state index contributed by atoms with van der Waals surface area (Å²) in [6.07, 6.45) is 4.19. The fraction of sp³-hybridized carbons (Fsp3) is 0.471. The van der Waals surface area contributed by atoms with Gasteiger partial charge in [0.25, 0.3) is 0 Å². The predicted octanol–water partition coefficient (Wildman–Crippen LogP) is 2.14. The summed E-state index contributed by atoms with van der Waals surface area (Å²) in [5.74, 6) is -0.315. The second-order valence-electron chi connectivity index (χ2n) is 6.41. The first kappa shape index (κ1) is 18.4. The summed E-state index contributed by atoms with van der Waals surface area (Å²) in [6, 6.07) is 5.68. The molecule has 1 heterocycles. The molecule has 1 fully saturated rings. The van der Waals surface area contributed by atoms with Crippen molar-refractivity contribution in [3.63, 3.8) is 0 Å². The molecular formula is C17H22N6O2S. The first-order valence-corrected chi connectivity index (χ1v) is 9.61. The lowest BCUT2D eigenvalue weighted by Crippen LogP contribution is -2.44. The fourth-order valence-electron chi connectivity index (χ4n) is 3.13. The van der Waals surface area contributed by atoms with E-state index in [2.05, 4.69) is 26.2 Å². The molecule has 1 aliphatic rings. The van der Waals surface area contributed by atoms with Crippen LogP contribution in [0.2, 0.25) is 0 Å². The van der Waals surface area contributed by atoms with Crippen molar-refractivity contribution in [2.75, 3.05) is 5.75 Å². The van der Waals surface area contributed by atoms with E-state index in [4.69, 9.17) is 0 Å². The summed E-state index contributed by atoms with van der Waals surface area (Å²) >= 11 is 1.19. The second kappa shape index (κ2) is 8.31. The Balaban J connectivity index is 1.58. The molecule has 0 atom stereocenters. The van der Waals surface area contributed by atoms with Crippen molar-refractivity contribution in [1.82, 2.24) is 30.8 Å². The number of rotatable bonds is 5. The molecule has 1 aliphatic carbocycles. The molecule has 1 aromatic carbocycles. The van der Waals surface area contributed by atoms with E-state index < -0.39 is 6.03 Å². The van der Waals surface area contributed by atoms with Crippen LogP contribution in [0.1, 0.15) is 36.8 Å². The van der Waals surface area contributed by atoms with Gasteiger partial charge in [-0.3, -0.25) is 10.1 Å². The number of carbonyl (C=O) groups is 2. The maximum Gasteiger partial charge on any atom is 0.321 e. The average molecular weight is 374 g/mol. The molecular weight excluding hydrogens is 352 g/mol. The smallest absolute Gasteiger partial charge is 0.321 e. The van der Waals surface area contributed by atoms with Gasteiger partial charge in [0, 0.05) is 6.04 Å². The topological polar surface area (TPSA) is 102 Å². The monoisotopic (exact) mass is 374 g/mol. The van der Waals surface area contributed by atoms with Crippen molar-refractivity contribution in [1.29, 1.82) is 0 Å². The van der Waals surface area contributed by atoms with Crippen LogP contribution in [-0.4, -0.2) is 43.9 Å². The zero-order valence-electron chi connectivity index (χ0n) is 14.9. The number of hydrogen-bond acceptors (Lipinski definition) is 6. The van der Waals surface area contributed by atoms with Crippen molar-refractivity contribution >= 4 is 23.7 Å². The molecule has 2 aromatic rings. The summed E-state index contributed by atoms with van der Waals surface area (Å²) < 4.78 is 1.63. The lowest BCUT2D eigenvalue weighted by atomic mass is 10.1. The van der Waals surface area contributed by atoms with Gasteiger partial charge in [0.15, 0.2) is 0 Å². The van der Waals surface area contributed by atoms with Crippen molar-refractivity contribution < 1.29 is 9.59 Å². The standard InChI is InChI=1S/C17H22N6O2S/c1-11-6-5-7-12(2)15(11)23-17(20-21-22-23)26-10-14(24)19-16(25)18-13-8-3-4-9-13/h5-7,13H,3-4,8-10H2,1-2H3,(H2,18,19,24,25). The Labute approximate surface area is 156 Å². The van der Waals surface area contributed by atoms with Crippen LogP contribution in [0, 0.1) is 13.8 Å². The number of para-hydroxylation sites is 1. The lowest BCUT2D eigenvalue weighted by Gasteiger charge is -2.12. The normalized spacial score (nSPS) is 14.4. The molecule has 26 heavy (non-hydrogen) atoms. The molecule has 0 spiro atoms. The summed E-state index contributed by atoms with van der Waals surface area (Å²) in [4.78, 5) is 23.9. The number of nitrogens with zero attached hydrogens (tertiary/aromatic N) is 4. The highest BCUT2D eigenvalue weighted by molar-refractivity contribution is 7.99. The predicted molar refractivity (Wildman–Crippen MR) is 98.3 cm³/mol. The molecule has 3 amide bonds. The third kappa shape index (κ3) is 4.40. The highest BCUT2D eigenvalue weighted by Gasteiger charge is 2.19. The number of nitrogens with one attached hydrogen (secondary N) is 2. The Bertz CT molecular complexity index is 780. The molecule has 0 bridgehead atoms. The molecule has 3 rings (SSSR count). The molecule has 1 aromatic heterocycles. The van der Waals surface area contributed by atoms with Gasteiger partial charge in [-0.15, -0.1) is 5.10 Å². The molecule has 8 nitrogen and oxygen atoms in total. The number of carbonyl (C=O) groups excluding carboxylic acids is 2. The minimum atomic E-state index is -0.433. The van der Waals surface area contributed by atoms with Crippen LogP contribution in [0.4, 0.5) is 4.79 Å². The van der Waals surface area contributed by atoms with E-state index >= 15 is 0 Å². The molecule has 1 saturated carbocycles. The van der Waals surface area contributed by atoms with E-state index in [1.807, 2.05) is 32.0 Å². The number of imide groups is 1. The molecule has 9 heteroatoms. The first-order chi connectivity index (χ1) is 12.5. The summed E-state index contributed by atoms with van der Waals surface area (Å²) in [7, 11) is 0. The maximum absolute atomic E-state index is 12.0. The van der Waals surface area contributed by atoms with E-state index in [1.54, 1.807) is 4.68 Å². The first-order valence-electron chi connectivity index (χ1n) is 8.62.